The van der Waals surface area contributed by atoms with Crippen LogP contribution in [0.4, 0.5) is 0 Å². The van der Waals surface area contributed by atoms with Crippen molar-refractivity contribution < 1.29 is 19.1 Å². The molecule has 0 fully saturated rings. The molecular weight excluding hydrogens is 330 g/mol. The van der Waals surface area contributed by atoms with Crippen molar-refractivity contribution in [2.24, 2.45) is 0 Å². The molecule has 2 aromatic rings. The molecule has 0 unspecified atom stereocenters. The monoisotopic (exact) mass is 351 g/mol. The first-order chi connectivity index (χ1) is 12.3. The van der Waals surface area contributed by atoms with E-state index in [9.17, 15) is 9.59 Å². The third-order valence-corrected chi connectivity index (χ3v) is 3.95. The summed E-state index contributed by atoms with van der Waals surface area (Å²) in [5, 5.41) is 8.78. The molecule has 0 bridgehead atoms. The van der Waals surface area contributed by atoms with Gasteiger partial charge in [-0.1, -0.05) is 17.7 Å². The Labute approximate surface area is 153 Å². The van der Waals surface area contributed by atoms with E-state index in [4.69, 9.17) is 14.7 Å². The number of ketones is 1. The standard InChI is InChI=1S/C21H21NO4/c1-13-5-6-14(2)19(11-13)20(23)15(3)26-21(24)16(4)25-18-9-7-17(12-22)8-10-18/h5-11,15-16H,1-4H3/t15-,16+/m0/s1. The van der Waals surface area contributed by atoms with Gasteiger partial charge in [0, 0.05) is 5.56 Å². The SMILES string of the molecule is Cc1ccc(C)c(C(=O)[C@H](C)OC(=O)[C@@H](C)Oc2ccc(C#N)cc2)c1. The van der Waals surface area contributed by atoms with Gasteiger partial charge in [-0.25, -0.2) is 4.79 Å². The maximum Gasteiger partial charge on any atom is 0.347 e. The summed E-state index contributed by atoms with van der Waals surface area (Å²) >= 11 is 0. The van der Waals surface area contributed by atoms with Crippen molar-refractivity contribution in [3.8, 4) is 11.8 Å². The number of nitrogens with zero attached hydrogens (tertiary/aromatic N) is 1. The van der Waals surface area contributed by atoms with Gasteiger partial charge >= 0.3 is 5.97 Å². The van der Waals surface area contributed by atoms with Crippen LogP contribution in [0.25, 0.3) is 0 Å². The van der Waals surface area contributed by atoms with Gasteiger partial charge in [-0.05, 0) is 63.6 Å². The Hall–Kier alpha value is -3.13. The number of hydrogen-bond acceptors (Lipinski definition) is 5. The number of Topliss-reactive ketones (excluding diaryl/α,β-unsaturated/α-hetero) is 1. The van der Waals surface area contributed by atoms with Crippen LogP contribution in [0.3, 0.4) is 0 Å². The van der Waals surface area contributed by atoms with E-state index in [2.05, 4.69) is 0 Å². The number of esters is 1. The highest BCUT2D eigenvalue weighted by Crippen LogP contribution is 2.17. The zero-order valence-electron chi connectivity index (χ0n) is 15.3. The van der Waals surface area contributed by atoms with Gasteiger partial charge in [-0.3, -0.25) is 4.79 Å². The first-order valence-electron chi connectivity index (χ1n) is 8.30. The van der Waals surface area contributed by atoms with Crippen LogP contribution in [0, 0.1) is 25.2 Å². The number of hydrogen-bond donors (Lipinski definition) is 0. The molecule has 0 aliphatic carbocycles. The average Bonchev–Trinajstić information content (AvgIpc) is 2.63. The summed E-state index contributed by atoms with van der Waals surface area (Å²) in [6.45, 7) is 6.85. The van der Waals surface area contributed by atoms with E-state index in [1.807, 2.05) is 32.0 Å². The number of benzene rings is 2. The normalized spacial score (nSPS) is 12.6. The molecule has 2 rings (SSSR count). The van der Waals surface area contributed by atoms with Crippen LogP contribution in [0.5, 0.6) is 5.75 Å². The second kappa shape index (κ2) is 8.30. The molecule has 0 heterocycles. The Morgan fingerprint density at radius 1 is 1.00 bits per heavy atom. The van der Waals surface area contributed by atoms with Gasteiger partial charge in [0.25, 0.3) is 0 Å². The van der Waals surface area contributed by atoms with Crippen molar-refractivity contribution in [3.63, 3.8) is 0 Å². The molecule has 2 aromatic carbocycles. The van der Waals surface area contributed by atoms with Crippen LogP contribution in [0.2, 0.25) is 0 Å². The summed E-state index contributed by atoms with van der Waals surface area (Å²) in [5.74, 6) is -0.424. The molecule has 0 aliphatic rings. The van der Waals surface area contributed by atoms with Crippen molar-refractivity contribution in [1.82, 2.24) is 0 Å². The quantitative estimate of drug-likeness (QED) is 0.585. The summed E-state index contributed by atoms with van der Waals surface area (Å²) in [4.78, 5) is 24.8. The van der Waals surface area contributed by atoms with Crippen molar-refractivity contribution in [2.45, 2.75) is 39.9 Å². The predicted octanol–water partition coefficient (Wildman–Crippen LogP) is 3.76. The highest BCUT2D eigenvalue weighted by Gasteiger charge is 2.25. The first-order valence-corrected chi connectivity index (χ1v) is 8.30. The summed E-state index contributed by atoms with van der Waals surface area (Å²) in [5.41, 5.74) is 2.85. The predicted molar refractivity (Wildman–Crippen MR) is 97.0 cm³/mol. The smallest absolute Gasteiger partial charge is 0.347 e. The summed E-state index contributed by atoms with van der Waals surface area (Å²) in [6.07, 6.45) is -1.79. The van der Waals surface area contributed by atoms with Gasteiger partial charge in [0.15, 0.2) is 12.2 Å². The number of aryl methyl sites for hydroxylation is 2. The van der Waals surface area contributed by atoms with Gasteiger partial charge < -0.3 is 9.47 Å². The second-order valence-corrected chi connectivity index (χ2v) is 6.16. The van der Waals surface area contributed by atoms with Crippen LogP contribution >= 0.6 is 0 Å². The van der Waals surface area contributed by atoms with Crippen LogP contribution < -0.4 is 4.74 Å². The summed E-state index contributed by atoms with van der Waals surface area (Å²) in [6, 6.07) is 14.0. The van der Waals surface area contributed by atoms with Gasteiger partial charge in [0.1, 0.15) is 5.75 Å². The number of rotatable bonds is 6. The Balaban J connectivity index is 1.99. The molecule has 0 aliphatic heterocycles. The third kappa shape index (κ3) is 4.70. The second-order valence-electron chi connectivity index (χ2n) is 6.16. The number of nitriles is 1. The maximum atomic E-state index is 12.6. The Morgan fingerprint density at radius 2 is 1.65 bits per heavy atom. The number of ether oxygens (including phenoxy) is 2. The zero-order valence-corrected chi connectivity index (χ0v) is 15.3. The zero-order chi connectivity index (χ0) is 19.3. The van der Waals surface area contributed by atoms with Crippen LogP contribution in [-0.2, 0) is 9.53 Å². The summed E-state index contributed by atoms with van der Waals surface area (Å²) < 4.78 is 10.8. The largest absolute Gasteiger partial charge is 0.479 e. The fourth-order valence-corrected chi connectivity index (χ4v) is 2.40. The molecule has 0 saturated heterocycles. The minimum atomic E-state index is -0.907. The fraction of sp³-hybridized carbons (Fsp3) is 0.286. The highest BCUT2D eigenvalue weighted by atomic mass is 16.6. The molecule has 0 radical (unpaired) electrons. The van der Waals surface area contributed by atoms with E-state index in [1.165, 1.54) is 0 Å². The Kier molecular flexibility index (Phi) is 6.13. The average molecular weight is 351 g/mol. The van der Waals surface area contributed by atoms with Crippen molar-refractivity contribution >= 4 is 11.8 Å². The van der Waals surface area contributed by atoms with Crippen molar-refractivity contribution in [1.29, 1.82) is 5.26 Å². The molecule has 5 heteroatoms. The van der Waals surface area contributed by atoms with Gasteiger partial charge in [-0.2, -0.15) is 5.26 Å². The molecular formula is C21H21NO4. The van der Waals surface area contributed by atoms with Gasteiger partial charge in [-0.15, -0.1) is 0 Å². The Morgan fingerprint density at radius 3 is 2.27 bits per heavy atom. The lowest BCUT2D eigenvalue weighted by molar-refractivity contribution is -0.153. The lowest BCUT2D eigenvalue weighted by Crippen LogP contribution is -2.32. The number of carbonyl (C=O) groups excluding carboxylic acids is 2. The van der Waals surface area contributed by atoms with Gasteiger partial charge in [0.2, 0.25) is 5.78 Å². The van der Waals surface area contributed by atoms with E-state index in [0.717, 1.165) is 11.1 Å². The fourth-order valence-electron chi connectivity index (χ4n) is 2.40. The molecule has 26 heavy (non-hydrogen) atoms. The lowest BCUT2D eigenvalue weighted by Gasteiger charge is -2.18. The lowest BCUT2D eigenvalue weighted by atomic mass is 9.99. The third-order valence-electron chi connectivity index (χ3n) is 3.95. The van der Waals surface area contributed by atoms with Crippen LogP contribution in [0.1, 0.15) is 40.9 Å². The molecule has 2 atom stereocenters. The topological polar surface area (TPSA) is 76.4 Å². The highest BCUT2D eigenvalue weighted by molar-refractivity contribution is 6.01. The van der Waals surface area contributed by atoms with E-state index in [0.29, 0.717) is 16.9 Å². The van der Waals surface area contributed by atoms with E-state index >= 15 is 0 Å². The first kappa shape index (κ1) is 19.2. The van der Waals surface area contributed by atoms with E-state index in [1.54, 1.807) is 44.2 Å². The minimum Gasteiger partial charge on any atom is -0.479 e. The molecule has 134 valence electrons. The van der Waals surface area contributed by atoms with Crippen LogP contribution in [0.15, 0.2) is 42.5 Å². The van der Waals surface area contributed by atoms with Crippen molar-refractivity contribution in [2.75, 3.05) is 0 Å². The van der Waals surface area contributed by atoms with E-state index < -0.39 is 18.2 Å². The molecule has 0 N–H and O–H groups in total. The molecule has 0 amide bonds. The summed E-state index contributed by atoms with van der Waals surface area (Å²) in [7, 11) is 0. The van der Waals surface area contributed by atoms with Crippen LogP contribution in [-0.4, -0.2) is 24.0 Å². The Bertz CT molecular complexity index is 849. The molecule has 0 aromatic heterocycles. The van der Waals surface area contributed by atoms with Crippen molar-refractivity contribution in [3.05, 3.63) is 64.7 Å². The van der Waals surface area contributed by atoms with E-state index in [-0.39, 0.29) is 5.78 Å². The minimum absolute atomic E-state index is 0.245. The molecule has 0 spiro atoms. The maximum absolute atomic E-state index is 12.6. The number of carbonyl (C=O) groups is 2. The van der Waals surface area contributed by atoms with Gasteiger partial charge in [0.05, 0.1) is 11.6 Å². The molecule has 5 nitrogen and oxygen atoms in total. The molecule has 0 saturated carbocycles.